The van der Waals surface area contributed by atoms with Crippen LogP contribution in [-0.2, 0) is 6.54 Å². The van der Waals surface area contributed by atoms with Crippen molar-refractivity contribution in [2.75, 3.05) is 0 Å². The molecule has 1 aromatic carbocycles. The average molecular weight is 412 g/mol. The van der Waals surface area contributed by atoms with Crippen molar-refractivity contribution in [3.05, 3.63) is 64.2 Å². The topological polar surface area (TPSA) is 96.7 Å². The van der Waals surface area contributed by atoms with E-state index >= 15 is 0 Å². The molecule has 0 saturated carbocycles. The Bertz CT molecular complexity index is 1080. The summed E-state index contributed by atoms with van der Waals surface area (Å²) in [6, 6.07) is 11.0. The zero-order chi connectivity index (χ0) is 18.1. The van der Waals surface area contributed by atoms with E-state index in [1.54, 1.807) is 24.5 Å². The average Bonchev–Trinajstić information content (AvgIpc) is 3.29. The van der Waals surface area contributed by atoms with E-state index in [0.29, 0.717) is 23.0 Å². The van der Waals surface area contributed by atoms with Gasteiger partial charge < -0.3 is 9.73 Å². The van der Waals surface area contributed by atoms with Crippen LogP contribution in [0.4, 0.5) is 0 Å². The smallest absolute Gasteiger partial charge is 0.252 e. The van der Waals surface area contributed by atoms with E-state index in [9.17, 15) is 4.79 Å². The summed E-state index contributed by atoms with van der Waals surface area (Å²) < 4.78 is 6.17. The molecule has 0 fully saturated rings. The van der Waals surface area contributed by atoms with Crippen LogP contribution in [-0.4, -0.2) is 26.1 Å². The van der Waals surface area contributed by atoms with Crippen molar-refractivity contribution in [2.24, 2.45) is 0 Å². The van der Waals surface area contributed by atoms with Crippen molar-refractivity contribution in [2.45, 2.75) is 13.5 Å². The van der Waals surface area contributed by atoms with E-state index in [1.165, 1.54) is 0 Å². The molecule has 3 heterocycles. The first kappa shape index (κ1) is 16.5. The maximum atomic E-state index is 12.7. The molecule has 0 aliphatic heterocycles. The molecule has 0 aliphatic carbocycles. The highest BCUT2D eigenvalue weighted by Gasteiger charge is 2.14. The van der Waals surface area contributed by atoms with Gasteiger partial charge in [-0.05, 0) is 37.3 Å². The summed E-state index contributed by atoms with van der Waals surface area (Å²) in [5.41, 5.74) is 2.12. The fourth-order valence-electron chi connectivity index (χ4n) is 2.67. The van der Waals surface area contributed by atoms with E-state index in [2.05, 4.69) is 41.4 Å². The number of nitrogens with one attached hydrogen (secondary N) is 2. The van der Waals surface area contributed by atoms with E-state index in [1.807, 2.05) is 25.1 Å². The lowest BCUT2D eigenvalue weighted by atomic mass is 10.1. The van der Waals surface area contributed by atoms with Crippen LogP contribution in [0, 0.1) is 6.92 Å². The van der Waals surface area contributed by atoms with Crippen LogP contribution in [0.15, 0.2) is 51.6 Å². The number of nitrogens with zero attached hydrogens (tertiary/aromatic N) is 3. The van der Waals surface area contributed by atoms with Gasteiger partial charge in [-0.25, -0.2) is 4.98 Å². The summed E-state index contributed by atoms with van der Waals surface area (Å²) >= 11 is 3.43. The Morgan fingerprint density at radius 3 is 2.96 bits per heavy atom. The standard InChI is InChI=1S/C18H14BrN5O2/c1-10-7-13(12-5-4-11(19)8-14(12)21-10)18(25)20-9-16-22-17(24-23-16)15-3-2-6-26-15/h2-8H,9H2,1H3,(H,20,25)(H,22,23,24). The molecule has 8 heteroatoms. The first-order valence-corrected chi connectivity index (χ1v) is 8.70. The molecule has 0 aliphatic rings. The molecule has 0 radical (unpaired) electrons. The van der Waals surface area contributed by atoms with Gasteiger partial charge in [0.05, 0.1) is 23.9 Å². The van der Waals surface area contributed by atoms with Crippen LogP contribution in [0.3, 0.4) is 0 Å². The van der Waals surface area contributed by atoms with Gasteiger partial charge in [0.2, 0.25) is 5.82 Å². The summed E-state index contributed by atoms with van der Waals surface area (Å²) in [7, 11) is 0. The normalized spacial score (nSPS) is 11.0. The van der Waals surface area contributed by atoms with Crippen LogP contribution >= 0.6 is 15.9 Å². The maximum absolute atomic E-state index is 12.7. The molecular weight excluding hydrogens is 398 g/mol. The Kier molecular flexibility index (Phi) is 4.26. The number of aryl methyl sites for hydroxylation is 1. The third-order valence-corrected chi connectivity index (χ3v) is 4.33. The Morgan fingerprint density at radius 2 is 2.15 bits per heavy atom. The second-order valence-corrected chi connectivity index (χ2v) is 6.65. The van der Waals surface area contributed by atoms with Crippen molar-refractivity contribution in [1.29, 1.82) is 0 Å². The summed E-state index contributed by atoms with van der Waals surface area (Å²) in [6.07, 6.45) is 1.56. The summed E-state index contributed by atoms with van der Waals surface area (Å²) in [5.74, 6) is 1.37. The van der Waals surface area contributed by atoms with Gasteiger partial charge in [0, 0.05) is 15.6 Å². The van der Waals surface area contributed by atoms with Gasteiger partial charge in [-0.2, -0.15) is 0 Å². The summed E-state index contributed by atoms with van der Waals surface area (Å²) in [6.45, 7) is 2.09. The number of hydrogen-bond donors (Lipinski definition) is 2. The number of H-pyrrole nitrogens is 1. The second-order valence-electron chi connectivity index (χ2n) is 5.74. The van der Waals surface area contributed by atoms with E-state index in [0.717, 1.165) is 21.1 Å². The molecule has 0 spiro atoms. The molecule has 26 heavy (non-hydrogen) atoms. The largest absolute Gasteiger partial charge is 0.461 e. The molecule has 4 rings (SSSR count). The van der Waals surface area contributed by atoms with Gasteiger partial charge in [-0.1, -0.05) is 22.0 Å². The van der Waals surface area contributed by atoms with Crippen molar-refractivity contribution in [1.82, 2.24) is 25.5 Å². The minimum Gasteiger partial charge on any atom is -0.461 e. The highest BCUT2D eigenvalue weighted by Crippen LogP contribution is 2.22. The van der Waals surface area contributed by atoms with Gasteiger partial charge in [0.1, 0.15) is 5.82 Å². The third kappa shape index (κ3) is 3.23. The molecule has 130 valence electrons. The Morgan fingerprint density at radius 1 is 1.27 bits per heavy atom. The Hall–Kier alpha value is -3.00. The third-order valence-electron chi connectivity index (χ3n) is 3.83. The number of rotatable bonds is 4. The fraction of sp³-hybridized carbons (Fsp3) is 0.111. The molecule has 0 atom stereocenters. The number of furan rings is 1. The number of carbonyl (C=O) groups is 1. The quantitative estimate of drug-likeness (QED) is 0.534. The summed E-state index contributed by atoms with van der Waals surface area (Å²) in [5, 5.41) is 10.6. The van der Waals surface area contributed by atoms with Gasteiger partial charge in [0.15, 0.2) is 5.76 Å². The molecule has 7 nitrogen and oxygen atoms in total. The Labute approximate surface area is 157 Å². The highest BCUT2D eigenvalue weighted by atomic mass is 79.9. The lowest BCUT2D eigenvalue weighted by Gasteiger charge is -2.08. The fourth-order valence-corrected chi connectivity index (χ4v) is 3.02. The SMILES string of the molecule is Cc1cc(C(=O)NCc2nc(-c3ccco3)n[nH]2)c2ccc(Br)cc2n1. The number of hydrogen-bond acceptors (Lipinski definition) is 5. The monoisotopic (exact) mass is 411 g/mol. The van der Waals surface area contributed by atoms with Crippen LogP contribution in [0.25, 0.3) is 22.5 Å². The maximum Gasteiger partial charge on any atom is 0.252 e. The molecule has 2 N–H and O–H groups in total. The van der Waals surface area contributed by atoms with Crippen molar-refractivity contribution < 1.29 is 9.21 Å². The zero-order valence-electron chi connectivity index (χ0n) is 13.8. The van der Waals surface area contributed by atoms with E-state index in [-0.39, 0.29) is 12.5 Å². The van der Waals surface area contributed by atoms with Gasteiger partial charge in [-0.3, -0.25) is 14.9 Å². The number of aromatic nitrogens is 4. The molecule has 0 bridgehead atoms. The molecule has 1 amide bonds. The van der Waals surface area contributed by atoms with Crippen LogP contribution in [0.2, 0.25) is 0 Å². The minimum absolute atomic E-state index is 0.196. The minimum atomic E-state index is -0.196. The van der Waals surface area contributed by atoms with Gasteiger partial charge in [0.25, 0.3) is 5.91 Å². The highest BCUT2D eigenvalue weighted by molar-refractivity contribution is 9.10. The molecule has 4 aromatic rings. The zero-order valence-corrected chi connectivity index (χ0v) is 15.4. The molecule has 0 unspecified atom stereocenters. The lowest BCUT2D eigenvalue weighted by molar-refractivity contribution is 0.0951. The number of carbonyl (C=O) groups excluding carboxylic acids is 1. The number of fused-ring (bicyclic) bond motifs is 1. The molecule has 3 aromatic heterocycles. The number of benzene rings is 1. The molecule has 0 saturated heterocycles. The van der Waals surface area contributed by atoms with E-state index in [4.69, 9.17) is 4.42 Å². The molecular formula is C18H14BrN5O2. The van der Waals surface area contributed by atoms with Crippen molar-refractivity contribution >= 4 is 32.7 Å². The number of halogens is 1. The predicted octanol–water partition coefficient (Wildman–Crippen LogP) is 3.61. The number of aromatic amines is 1. The Balaban J connectivity index is 1.55. The van der Waals surface area contributed by atoms with Gasteiger partial charge in [-0.15, -0.1) is 5.10 Å². The second kappa shape index (κ2) is 6.72. The van der Waals surface area contributed by atoms with Crippen LogP contribution in [0.5, 0.6) is 0 Å². The number of amides is 1. The van der Waals surface area contributed by atoms with E-state index < -0.39 is 0 Å². The lowest BCUT2D eigenvalue weighted by Crippen LogP contribution is -2.24. The number of pyridine rings is 1. The summed E-state index contributed by atoms with van der Waals surface area (Å²) in [4.78, 5) is 21.5. The van der Waals surface area contributed by atoms with Crippen molar-refractivity contribution in [3.63, 3.8) is 0 Å². The van der Waals surface area contributed by atoms with Crippen molar-refractivity contribution in [3.8, 4) is 11.6 Å². The van der Waals surface area contributed by atoms with Crippen LogP contribution < -0.4 is 5.32 Å². The van der Waals surface area contributed by atoms with Crippen LogP contribution in [0.1, 0.15) is 21.9 Å². The first-order valence-electron chi connectivity index (χ1n) is 7.90. The first-order chi connectivity index (χ1) is 12.6. The predicted molar refractivity (Wildman–Crippen MR) is 99.4 cm³/mol. The van der Waals surface area contributed by atoms with Gasteiger partial charge >= 0.3 is 0 Å².